The van der Waals surface area contributed by atoms with Gasteiger partial charge in [0, 0.05) is 6.08 Å². The van der Waals surface area contributed by atoms with Crippen LogP contribution in [0.15, 0.2) is 23.8 Å². The first kappa shape index (κ1) is 7.40. The van der Waals surface area contributed by atoms with E-state index in [1.807, 2.05) is 0 Å². The number of hydrogen-bond acceptors (Lipinski definition) is 3. The maximum absolute atomic E-state index is 10.9. The predicted octanol–water partition coefficient (Wildman–Crippen LogP) is -0.443. The van der Waals surface area contributed by atoms with Crippen LogP contribution >= 0.6 is 0 Å². The Labute approximate surface area is 62.9 Å². The molecule has 0 heterocycles. The lowest BCUT2D eigenvalue weighted by molar-refractivity contribution is -0.114. The average molecular weight is 150 g/mol. The first-order valence-corrected chi connectivity index (χ1v) is 2.93. The van der Waals surface area contributed by atoms with Crippen LogP contribution in [0, 0.1) is 5.41 Å². The molecular formula is C7H6N2O2. The molecule has 0 aromatic rings. The molecule has 0 saturated heterocycles. The highest BCUT2D eigenvalue weighted by Gasteiger charge is 2.14. The highest BCUT2D eigenvalue weighted by molar-refractivity contribution is 6.30. The fraction of sp³-hybridized carbons (Fsp3) is 0. The van der Waals surface area contributed by atoms with E-state index in [-0.39, 0.29) is 17.2 Å². The van der Waals surface area contributed by atoms with Crippen molar-refractivity contribution < 1.29 is 9.59 Å². The molecule has 0 aromatic carbocycles. The van der Waals surface area contributed by atoms with E-state index in [0.29, 0.717) is 0 Å². The van der Waals surface area contributed by atoms with Gasteiger partial charge in [-0.1, -0.05) is 0 Å². The highest BCUT2D eigenvalue weighted by atomic mass is 16.1. The van der Waals surface area contributed by atoms with Gasteiger partial charge in [0.1, 0.15) is 5.84 Å². The second-order valence-electron chi connectivity index (χ2n) is 2.07. The Kier molecular flexibility index (Phi) is 1.68. The molecule has 0 fully saturated rings. The molecule has 4 heteroatoms. The molecule has 0 radical (unpaired) electrons. The van der Waals surface area contributed by atoms with Gasteiger partial charge in [0.25, 0.3) is 0 Å². The number of carbonyl (C=O) groups is 2. The first-order chi connectivity index (χ1) is 5.11. The van der Waals surface area contributed by atoms with Crippen LogP contribution in [0.25, 0.3) is 0 Å². The molecule has 0 saturated carbocycles. The van der Waals surface area contributed by atoms with Crippen LogP contribution in [0.3, 0.4) is 0 Å². The van der Waals surface area contributed by atoms with Gasteiger partial charge in [0.2, 0.25) is 0 Å². The van der Waals surface area contributed by atoms with Gasteiger partial charge in [-0.05, 0) is 12.2 Å². The summed E-state index contributed by atoms with van der Waals surface area (Å²) in [5.41, 5.74) is 5.00. The smallest absolute Gasteiger partial charge is 0.189 e. The summed E-state index contributed by atoms with van der Waals surface area (Å²) in [5, 5.41) is 6.91. The molecule has 1 rings (SSSR count). The van der Waals surface area contributed by atoms with E-state index < -0.39 is 5.78 Å². The van der Waals surface area contributed by atoms with Gasteiger partial charge in [-0.2, -0.15) is 0 Å². The van der Waals surface area contributed by atoms with Crippen LogP contribution in [0.2, 0.25) is 0 Å². The highest BCUT2D eigenvalue weighted by Crippen LogP contribution is 2.03. The van der Waals surface area contributed by atoms with E-state index in [0.717, 1.165) is 18.2 Å². The summed E-state index contributed by atoms with van der Waals surface area (Å²) in [5.74, 6) is -1.07. The fourth-order valence-electron chi connectivity index (χ4n) is 0.720. The van der Waals surface area contributed by atoms with Crippen molar-refractivity contribution in [2.75, 3.05) is 0 Å². The Morgan fingerprint density at radius 1 is 1.36 bits per heavy atom. The molecule has 11 heavy (non-hydrogen) atoms. The minimum absolute atomic E-state index is 0.0301. The van der Waals surface area contributed by atoms with Crippen molar-refractivity contribution in [3.63, 3.8) is 0 Å². The second kappa shape index (κ2) is 2.49. The van der Waals surface area contributed by atoms with Crippen molar-refractivity contribution in [2.45, 2.75) is 0 Å². The Bertz CT molecular complexity index is 300. The summed E-state index contributed by atoms with van der Waals surface area (Å²) in [6.07, 6.45) is 3.32. The Morgan fingerprint density at radius 2 is 2.00 bits per heavy atom. The minimum Gasteiger partial charge on any atom is -0.384 e. The number of carbonyl (C=O) groups excluding carboxylic acids is 2. The molecule has 3 N–H and O–H groups in total. The average Bonchev–Trinajstić information content (AvgIpc) is 1.94. The lowest BCUT2D eigenvalue weighted by atomic mass is 10.0. The summed E-state index contributed by atoms with van der Waals surface area (Å²) in [6, 6.07) is 0. The van der Waals surface area contributed by atoms with E-state index >= 15 is 0 Å². The van der Waals surface area contributed by atoms with E-state index in [2.05, 4.69) is 0 Å². The van der Waals surface area contributed by atoms with Crippen LogP contribution in [0.4, 0.5) is 0 Å². The van der Waals surface area contributed by atoms with Crippen molar-refractivity contribution in [1.29, 1.82) is 5.41 Å². The third-order valence-electron chi connectivity index (χ3n) is 1.24. The molecule has 0 aromatic heterocycles. The predicted molar refractivity (Wildman–Crippen MR) is 39.2 cm³/mol. The Hall–Kier alpha value is -1.71. The second-order valence-corrected chi connectivity index (χ2v) is 2.07. The summed E-state index contributed by atoms with van der Waals surface area (Å²) in [6.45, 7) is 0. The Morgan fingerprint density at radius 3 is 2.45 bits per heavy atom. The zero-order valence-electron chi connectivity index (χ0n) is 5.63. The molecule has 0 atom stereocenters. The minimum atomic E-state index is -0.392. The number of ketones is 2. The van der Waals surface area contributed by atoms with Gasteiger partial charge in [0.05, 0.1) is 5.57 Å². The van der Waals surface area contributed by atoms with E-state index in [4.69, 9.17) is 11.1 Å². The van der Waals surface area contributed by atoms with Gasteiger partial charge in [0.15, 0.2) is 11.6 Å². The molecule has 0 amide bonds. The largest absolute Gasteiger partial charge is 0.384 e. The third-order valence-corrected chi connectivity index (χ3v) is 1.24. The van der Waals surface area contributed by atoms with E-state index in [9.17, 15) is 9.59 Å². The molecule has 4 nitrogen and oxygen atoms in total. The van der Waals surface area contributed by atoms with Crippen LogP contribution < -0.4 is 5.73 Å². The maximum atomic E-state index is 10.9. The molecule has 56 valence electrons. The monoisotopic (exact) mass is 150 g/mol. The number of hydrogen-bond donors (Lipinski definition) is 2. The summed E-state index contributed by atoms with van der Waals surface area (Å²) >= 11 is 0. The van der Waals surface area contributed by atoms with Crippen LogP contribution in [0.5, 0.6) is 0 Å². The van der Waals surface area contributed by atoms with Crippen LogP contribution in [-0.4, -0.2) is 17.4 Å². The van der Waals surface area contributed by atoms with E-state index in [1.54, 1.807) is 0 Å². The summed E-state index contributed by atoms with van der Waals surface area (Å²) in [7, 11) is 0. The van der Waals surface area contributed by atoms with Crippen molar-refractivity contribution in [2.24, 2.45) is 5.73 Å². The Balaban J connectivity index is 3.03. The lowest BCUT2D eigenvalue weighted by Gasteiger charge is -2.02. The summed E-state index contributed by atoms with van der Waals surface area (Å²) in [4.78, 5) is 21.5. The first-order valence-electron chi connectivity index (χ1n) is 2.93. The van der Waals surface area contributed by atoms with Gasteiger partial charge in [-0.25, -0.2) is 0 Å². The van der Waals surface area contributed by atoms with Gasteiger partial charge in [-0.3, -0.25) is 15.0 Å². The van der Waals surface area contributed by atoms with Gasteiger partial charge >= 0.3 is 0 Å². The summed E-state index contributed by atoms with van der Waals surface area (Å²) < 4.78 is 0. The normalized spacial score (nSPS) is 16.5. The quantitative estimate of drug-likeness (QED) is 0.302. The lowest BCUT2D eigenvalue weighted by Crippen LogP contribution is -2.21. The number of amidine groups is 1. The molecular weight excluding hydrogens is 144 g/mol. The van der Waals surface area contributed by atoms with Crippen molar-refractivity contribution >= 4 is 17.4 Å². The van der Waals surface area contributed by atoms with Crippen molar-refractivity contribution in [1.82, 2.24) is 0 Å². The zero-order chi connectivity index (χ0) is 8.43. The fourth-order valence-corrected chi connectivity index (χ4v) is 0.720. The third kappa shape index (κ3) is 1.40. The topological polar surface area (TPSA) is 84.0 Å². The SMILES string of the molecule is N=C(N)C1=CC(=O)C=CC1=O. The number of allylic oxidation sites excluding steroid dienone is 3. The molecule has 1 aliphatic rings. The van der Waals surface area contributed by atoms with Gasteiger partial charge < -0.3 is 5.73 Å². The zero-order valence-corrected chi connectivity index (χ0v) is 5.63. The van der Waals surface area contributed by atoms with Crippen LogP contribution in [0.1, 0.15) is 0 Å². The molecule has 1 aliphatic carbocycles. The number of nitrogens with one attached hydrogen (secondary N) is 1. The molecule has 0 unspecified atom stereocenters. The van der Waals surface area contributed by atoms with Crippen molar-refractivity contribution in [3.8, 4) is 0 Å². The molecule has 0 bridgehead atoms. The number of nitrogens with two attached hydrogens (primary N) is 1. The van der Waals surface area contributed by atoms with E-state index in [1.165, 1.54) is 0 Å². The van der Waals surface area contributed by atoms with Crippen LogP contribution in [-0.2, 0) is 9.59 Å². The number of rotatable bonds is 1. The standard InChI is InChI=1S/C7H6N2O2/c8-7(9)5-3-4(10)1-2-6(5)11/h1-3H,(H3,8,9). The molecule has 0 aliphatic heterocycles. The van der Waals surface area contributed by atoms with Crippen molar-refractivity contribution in [3.05, 3.63) is 23.8 Å². The maximum Gasteiger partial charge on any atom is 0.189 e. The molecule has 0 spiro atoms. The van der Waals surface area contributed by atoms with Gasteiger partial charge in [-0.15, -0.1) is 0 Å².